The Morgan fingerprint density at radius 1 is 0.975 bits per heavy atom. The Morgan fingerprint density at radius 2 is 1.75 bits per heavy atom. The Bertz CT molecular complexity index is 1730. The topological polar surface area (TPSA) is 84.9 Å². The van der Waals surface area contributed by atoms with E-state index in [2.05, 4.69) is 75.0 Å². The molecule has 1 aliphatic heterocycles. The summed E-state index contributed by atoms with van der Waals surface area (Å²) < 4.78 is 13.5. The fourth-order valence-electron chi connectivity index (χ4n) is 4.57. The molecular formula is C31H24BrIN2O5. The number of rotatable bonds is 6. The number of benzene rings is 4. The molecule has 7 nitrogen and oxygen atoms in total. The van der Waals surface area contributed by atoms with E-state index >= 15 is 0 Å². The van der Waals surface area contributed by atoms with Crippen molar-refractivity contribution in [3.63, 3.8) is 0 Å². The summed E-state index contributed by atoms with van der Waals surface area (Å²) in [5, 5.41) is 4.53. The van der Waals surface area contributed by atoms with Gasteiger partial charge in [0.2, 0.25) is 0 Å². The highest BCUT2D eigenvalue weighted by Gasteiger charge is 2.37. The lowest BCUT2D eigenvalue weighted by Crippen LogP contribution is -2.54. The van der Waals surface area contributed by atoms with Crippen LogP contribution in [0.15, 0.2) is 76.8 Å². The van der Waals surface area contributed by atoms with Crippen LogP contribution in [0.4, 0.5) is 10.5 Å². The van der Waals surface area contributed by atoms with Crippen LogP contribution in [0.3, 0.4) is 0 Å². The van der Waals surface area contributed by atoms with Gasteiger partial charge in [-0.05, 0) is 100 Å². The van der Waals surface area contributed by atoms with Gasteiger partial charge < -0.3 is 9.47 Å². The van der Waals surface area contributed by atoms with Crippen molar-refractivity contribution in [2.45, 2.75) is 20.5 Å². The first-order valence-corrected chi connectivity index (χ1v) is 14.2. The lowest BCUT2D eigenvalue weighted by molar-refractivity contribution is -0.122. The van der Waals surface area contributed by atoms with Gasteiger partial charge in [-0.25, -0.2) is 9.69 Å². The van der Waals surface area contributed by atoms with Gasteiger partial charge in [0.25, 0.3) is 11.8 Å². The maximum absolute atomic E-state index is 13.4. The van der Waals surface area contributed by atoms with Gasteiger partial charge in [0, 0.05) is 10.0 Å². The van der Waals surface area contributed by atoms with E-state index in [1.165, 1.54) is 13.2 Å². The Hall–Kier alpha value is -3.70. The van der Waals surface area contributed by atoms with Crippen molar-refractivity contribution in [3.05, 3.63) is 103 Å². The number of urea groups is 1. The number of hydrogen-bond acceptors (Lipinski definition) is 5. The number of nitrogens with one attached hydrogen (secondary N) is 1. The minimum Gasteiger partial charge on any atom is -0.493 e. The van der Waals surface area contributed by atoms with E-state index in [1.807, 2.05) is 19.1 Å². The summed E-state index contributed by atoms with van der Waals surface area (Å²) in [6, 6.07) is 20.1. The summed E-state index contributed by atoms with van der Waals surface area (Å²) in [5.41, 5.74) is 3.79. The van der Waals surface area contributed by atoms with Crippen LogP contribution in [0.2, 0.25) is 0 Å². The van der Waals surface area contributed by atoms with E-state index in [4.69, 9.17) is 9.47 Å². The number of amides is 4. The number of hydrogen-bond donors (Lipinski definition) is 1. The zero-order chi connectivity index (χ0) is 28.6. The first kappa shape index (κ1) is 27.9. The van der Waals surface area contributed by atoms with E-state index < -0.39 is 17.8 Å². The SMILES string of the molecule is COc1cc(/C=C2/C(=O)NC(=O)N(c3ccc(Br)c(C)c3)C2=O)cc(I)c1OCc1c(C)ccc2ccccc12. The largest absolute Gasteiger partial charge is 0.493 e. The molecule has 0 unspecified atom stereocenters. The van der Waals surface area contributed by atoms with Gasteiger partial charge in [-0.1, -0.05) is 52.3 Å². The number of anilines is 1. The lowest BCUT2D eigenvalue weighted by Gasteiger charge is -2.26. The molecule has 1 N–H and O–H groups in total. The average molecular weight is 711 g/mol. The summed E-state index contributed by atoms with van der Waals surface area (Å²) in [7, 11) is 1.53. The molecule has 40 heavy (non-hydrogen) atoms. The molecule has 1 heterocycles. The normalized spacial score (nSPS) is 14.6. The summed E-state index contributed by atoms with van der Waals surface area (Å²) in [6.07, 6.45) is 1.45. The first-order chi connectivity index (χ1) is 19.2. The van der Waals surface area contributed by atoms with Crippen molar-refractivity contribution in [3.8, 4) is 11.5 Å². The van der Waals surface area contributed by atoms with Crippen molar-refractivity contribution < 1.29 is 23.9 Å². The fourth-order valence-corrected chi connectivity index (χ4v) is 5.60. The molecular weight excluding hydrogens is 687 g/mol. The van der Waals surface area contributed by atoms with Crippen LogP contribution in [0, 0.1) is 17.4 Å². The van der Waals surface area contributed by atoms with Crippen molar-refractivity contribution in [1.29, 1.82) is 0 Å². The number of carbonyl (C=O) groups is 3. The maximum Gasteiger partial charge on any atom is 0.335 e. The van der Waals surface area contributed by atoms with Crippen LogP contribution in [0.1, 0.15) is 22.3 Å². The number of carbonyl (C=O) groups excluding carboxylic acids is 3. The molecule has 0 aromatic heterocycles. The van der Waals surface area contributed by atoms with Gasteiger partial charge in [-0.3, -0.25) is 14.9 Å². The molecule has 0 aliphatic carbocycles. The van der Waals surface area contributed by atoms with Crippen LogP contribution in [-0.4, -0.2) is 25.0 Å². The predicted molar refractivity (Wildman–Crippen MR) is 167 cm³/mol. The average Bonchev–Trinajstić information content (AvgIpc) is 2.92. The van der Waals surface area contributed by atoms with Crippen LogP contribution in [0.5, 0.6) is 11.5 Å². The summed E-state index contributed by atoms with van der Waals surface area (Å²) >= 11 is 5.57. The Balaban J connectivity index is 1.46. The number of fused-ring (bicyclic) bond motifs is 1. The van der Waals surface area contributed by atoms with Crippen LogP contribution in [-0.2, 0) is 16.2 Å². The Kier molecular flexibility index (Phi) is 7.95. The second-order valence-corrected chi connectivity index (χ2v) is 11.3. The highest BCUT2D eigenvalue weighted by atomic mass is 127. The molecule has 4 aromatic carbocycles. The van der Waals surface area contributed by atoms with E-state index in [-0.39, 0.29) is 5.57 Å². The molecule has 0 atom stereocenters. The molecule has 0 saturated carbocycles. The number of halogens is 2. The third-order valence-corrected chi connectivity index (χ3v) is 8.39. The maximum atomic E-state index is 13.4. The number of imide groups is 2. The van der Waals surface area contributed by atoms with Gasteiger partial charge in [0.1, 0.15) is 12.2 Å². The van der Waals surface area contributed by atoms with Crippen LogP contribution >= 0.6 is 38.5 Å². The van der Waals surface area contributed by atoms with Crippen molar-refractivity contribution >= 4 is 78.9 Å². The summed E-state index contributed by atoms with van der Waals surface area (Å²) in [5.74, 6) is -0.465. The van der Waals surface area contributed by atoms with Gasteiger partial charge in [0.05, 0.1) is 16.4 Å². The van der Waals surface area contributed by atoms with Gasteiger partial charge in [-0.15, -0.1) is 0 Å². The number of barbiturate groups is 1. The van der Waals surface area contributed by atoms with Crippen molar-refractivity contribution in [2.24, 2.45) is 0 Å². The van der Waals surface area contributed by atoms with E-state index in [0.717, 1.165) is 40.4 Å². The van der Waals surface area contributed by atoms with Crippen LogP contribution < -0.4 is 19.7 Å². The number of ether oxygens (including phenoxy) is 2. The molecule has 0 bridgehead atoms. The first-order valence-electron chi connectivity index (χ1n) is 12.3. The minimum absolute atomic E-state index is 0.168. The highest BCUT2D eigenvalue weighted by Crippen LogP contribution is 2.36. The number of nitrogens with zero attached hydrogens (tertiary/aromatic N) is 1. The summed E-state index contributed by atoms with van der Waals surface area (Å²) in [6.45, 7) is 4.24. The molecule has 202 valence electrons. The molecule has 0 spiro atoms. The second kappa shape index (κ2) is 11.4. The molecule has 4 aromatic rings. The molecule has 1 saturated heterocycles. The van der Waals surface area contributed by atoms with Crippen molar-refractivity contribution in [1.82, 2.24) is 5.32 Å². The zero-order valence-corrected chi connectivity index (χ0v) is 25.6. The standard InChI is InChI=1S/C31H24BrIN2O5/c1-17-8-9-20-6-4-5-7-22(20)24(17)16-40-28-26(33)14-19(15-27(28)39-3)13-23-29(36)34-31(38)35(30(23)37)21-10-11-25(32)18(2)12-21/h4-15H,16H2,1-3H3,(H,34,36,38)/b23-13-. The van der Waals surface area contributed by atoms with Crippen LogP contribution in [0.25, 0.3) is 16.8 Å². The monoisotopic (exact) mass is 710 g/mol. The van der Waals surface area contributed by atoms with Crippen molar-refractivity contribution in [2.75, 3.05) is 12.0 Å². The molecule has 1 fully saturated rings. The number of methoxy groups -OCH3 is 1. The molecule has 5 rings (SSSR count). The molecule has 9 heteroatoms. The smallest absolute Gasteiger partial charge is 0.335 e. The lowest BCUT2D eigenvalue weighted by atomic mass is 10.0. The predicted octanol–water partition coefficient (Wildman–Crippen LogP) is 7.08. The minimum atomic E-state index is -0.798. The third-order valence-electron chi connectivity index (χ3n) is 6.70. The third kappa shape index (κ3) is 5.35. The quantitative estimate of drug-likeness (QED) is 0.131. The van der Waals surface area contributed by atoms with E-state index in [9.17, 15) is 14.4 Å². The van der Waals surface area contributed by atoms with Gasteiger partial charge in [0.15, 0.2) is 11.5 Å². The van der Waals surface area contributed by atoms with E-state index in [1.54, 1.807) is 30.3 Å². The molecule has 1 aliphatic rings. The van der Waals surface area contributed by atoms with Gasteiger partial charge in [-0.2, -0.15) is 0 Å². The van der Waals surface area contributed by atoms with Gasteiger partial charge >= 0.3 is 6.03 Å². The fraction of sp³-hybridized carbons (Fsp3) is 0.129. The second-order valence-electron chi connectivity index (χ2n) is 9.30. The van der Waals surface area contributed by atoms with E-state index in [0.29, 0.717) is 29.4 Å². The zero-order valence-electron chi connectivity index (χ0n) is 21.9. The molecule has 0 radical (unpaired) electrons. The molecule has 4 amide bonds. The summed E-state index contributed by atoms with van der Waals surface area (Å²) in [4.78, 5) is 39.6. The number of aryl methyl sites for hydroxylation is 2. The highest BCUT2D eigenvalue weighted by molar-refractivity contribution is 14.1. The Morgan fingerprint density at radius 3 is 2.50 bits per heavy atom. The Labute approximate surface area is 253 Å².